The van der Waals surface area contributed by atoms with Crippen molar-refractivity contribution < 1.29 is 13.3 Å². The van der Waals surface area contributed by atoms with Crippen molar-refractivity contribution in [3.8, 4) is 0 Å². The highest BCUT2D eigenvalue weighted by atomic mass is 16.3. The number of para-hydroxylation sites is 4. The maximum atomic E-state index is 7.32. The zero-order chi connectivity index (χ0) is 53.1. The summed E-state index contributed by atoms with van der Waals surface area (Å²) in [5, 5.41) is 12.5. The van der Waals surface area contributed by atoms with Crippen molar-refractivity contribution in [1.82, 2.24) is 4.40 Å². The average molecular weight is 1010 g/mol. The van der Waals surface area contributed by atoms with Crippen LogP contribution in [0.2, 0.25) is 0 Å². The zero-order valence-corrected chi connectivity index (χ0v) is 45.5. The highest BCUT2D eigenvalue weighted by molar-refractivity contribution is 6.29. The minimum Gasteiger partial charge on any atom is -0.454 e. The van der Waals surface area contributed by atoms with Gasteiger partial charge in [0.05, 0.1) is 33.5 Å². The lowest BCUT2D eigenvalue weighted by molar-refractivity contribution is 0.590. The topological polar surface area (TPSA) is 50.3 Å². The number of hydrogen-bond acceptors (Lipinski definition) is 5. The maximum absolute atomic E-state index is 7.32. The quantitative estimate of drug-likeness (QED) is 0.166. The van der Waals surface area contributed by atoms with Crippen LogP contribution in [-0.2, 0) is 16.2 Å². The van der Waals surface area contributed by atoms with Gasteiger partial charge in [-0.3, -0.25) is 4.40 Å². The Morgan fingerprint density at radius 2 is 0.833 bits per heavy atom. The molecule has 78 heavy (non-hydrogen) atoms. The Kier molecular flexibility index (Phi) is 9.66. The second-order valence-corrected chi connectivity index (χ2v) is 24.6. The molecule has 5 aromatic heterocycles. The van der Waals surface area contributed by atoms with Gasteiger partial charge in [-0.05, 0) is 141 Å². The van der Waals surface area contributed by atoms with Crippen LogP contribution in [0.4, 0.5) is 34.1 Å². The van der Waals surface area contributed by atoms with E-state index in [1.807, 2.05) is 12.1 Å². The van der Waals surface area contributed by atoms with Gasteiger partial charge in [-0.1, -0.05) is 153 Å². The molecule has 0 aliphatic heterocycles. The first kappa shape index (κ1) is 46.3. The summed E-state index contributed by atoms with van der Waals surface area (Å²) < 4.78 is 23.2. The van der Waals surface area contributed by atoms with Gasteiger partial charge in [0, 0.05) is 66.2 Å². The third-order valence-electron chi connectivity index (χ3n) is 16.5. The summed E-state index contributed by atoms with van der Waals surface area (Å²) in [4.78, 5) is 4.67. The van der Waals surface area contributed by atoms with Gasteiger partial charge in [0.25, 0.3) is 0 Å². The summed E-state index contributed by atoms with van der Waals surface area (Å²) in [5.41, 5.74) is 17.2. The van der Waals surface area contributed by atoms with Crippen LogP contribution in [0.15, 0.2) is 207 Å². The van der Waals surface area contributed by atoms with Crippen LogP contribution in [0.5, 0.6) is 0 Å². The normalized spacial score (nSPS) is 12.9. The fourth-order valence-electron chi connectivity index (χ4n) is 12.4. The maximum Gasteiger partial charge on any atom is 0.213 e. The van der Waals surface area contributed by atoms with Crippen molar-refractivity contribution in [3.05, 3.63) is 211 Å². The molecule has 10 aromatic carbocycles. The molecule has 0 saturated carbocycles. The number of nitrogens with zero attached hydrogens (tertiary/aromatic N) is 3. The van der Waals surface area contributed by atoms with E-state index in [1.54, 1.807) is 0 Å². The summed E-state index contributed by atoms with van der Waals surface area (Å²) in [6.07, 6.45) is 0. The Morgan fingerprint density at radius 1 is 0.333 bits per heavy atom. The SMILES string of the molecule is CC(C)(C)c1ccc(N(c2ccc3cc4c5cc(C(C)(C)C)cc6c7c8ccc(N(c9ccc(C(C)(C)C)cc9)c9cccc%10c9oc9ccccc9%10)cc8oc7n(c4cc3c2)c56)c2cccc3c2oc2ccccc23)cc1. The predicted octanol–water partition coefficient (Wildman–Crippen LogP) is 21.4. The van der Waals surface area contributed by atoms with Crippen LogP contribution in [0.3, 0.4) is 0 Å². The highest BCUT2D eigenvalue weighted by Crippen LogP contribution is 2.50. The largest absolute Gasteiger partial charge is 0.454 e. The molecule has 0 fully saturated rings. The number of hydrogen-bond donors (Lipinski definition) is 0. The molecule has 6 nitrogen and oxygen atoms in total. The van der Waals surface area contributed by atoms with Crippen LogP contribution in [0.25, 0.3) is 104 Å². The average Bonchev–Trinajstić information content (AvgIpc) is 3.62. The lowest BCUT2D eigenvalue weighted by Crippen LogP contribution is -2.13. The van der Waals surface area contributed by atoms with Crippen LogP contribution >= 0.6 is 0 Å². The Hall–Kier alpha value is -9.00. The van der Waals surface area contributed by atoms with Gasteiger partial charge in [-0.25, -0.2) is 0 Å². The molecular weight excluding hydrogens is 955 g/mol. The number of rotatable bonds is 6. The molecular formula is C72H59N3O3. The lowest BCUT2D eigenvalue weighted by Gasteiger charge is -2.27. The number of benzene rings is 10. The van der Waals surface area contributed by atoms with Gasteiger partial charge in [0.15, 0.2) is 11.2 Å². The Bertz CT molecular complexity index is 4910. The van der Waals surface area contributed by atoms with Crippen molar-refractivity contribution in [2.24, 2.45) is 0 Å². The van der Waals surface area contributed by atoms with Gasteiger partial charge >= 0.3 is 0 Å². The van der Waals surface area contributed by atoms with E-state index in [0.717, 1.165) is 111 Å². The molecule has 0 saturated heterocycles. The van der Waals surface area contributed by atoms with E-state index in [-0.39, 0.29) is 16.2 Å². The van der Waals surface area contributed by atoms with E-state index in [2.05, 4.69) is 259 Å². The van der Waals surface area contributed by atoms with Crippen LogP contribution in [0.1, 0.15) is 79.0 Å². The molecule has 0 aliphatic carbocycles. The van der Waals surface area contributed by atoms with Crippen molar-refractivity contribution in [1.29, 1.82) is 0 Å². The second-order valence-electron chi connectivity index (χ2n) is 24.6. The van der Waals surface area contributed by atoms with E-state index in [4.69, 9.17) is 13.3 Å². The molecule has 15 aromatic rings. The minimum atomic E-state index is -0.0989. The summed E-state index contributed by atoms with van der Waals surface area (Å²) in [6.45, 7) is 20.5. The third-order valence-corrected chi connectivity index (χ3v) is 16.5. The Morgan fingerprint density at radius 3 is 1.40 bits per heavy atom. The van der Waals surface area contributed by atoms with Gasteiger partial charge in [-0.2, -0.15) is 0 Å². The summed E-state index contributed by atoms with van der Waals surface area (Å²) >= 11 is 0. The molecule has 0 N–H and O–H groups in total. The van der Waals surface area contributed by atoms with Crippen molar-refractivity contribution in [2.75, 3.05) is 9.80 Å². The zero-order valence-electron chi connectivity index (χ0n) is 45.5. The number of furan rings is 3. The molecule has 0 unspecified atom stereocenters. The summed E-state index contributed by atoms with van der Waals surface area (Å²) in [7, 11) is 0. The van der Waals surface area contributed by atoms with E-state index in [0.29, 0.717) is 0 Å². The van der Waals surface area contributed by atoms with E-state index >= 15 is 0 Å². The van der Waals surface area contributed by atoms with Crippen LogP contribution in [-0.4, -0.2) is 4.40 Å². The Balaban J connectivity index is 0.948. The van der Waals surface area contributed by atoms with E-state index in [9.17, 15) is 0 Å². The van der Waals surface area contributed by atoms with Crippen molar-refractivity contribution in [2.45, 2.75) is 78.6 Å². The second kappa shape index (κ2) is 16.3. The molecule has 15 rings (SSSR count). The van der Waals surface area contributed by atoms with Crippen LogP contribution < -0.4 is 9.80 Å². The molecule has 0 atom stereocenters. The van der Waals surface area contributed by atoms with Crippen molar-refractivity contribution in [3.63, 3.8) is 0 Å². The predicted molar refractivity (Wildman–Crippen MR) is 328 cm³/mol. The van der Waals surface area contributed by atoms with Crippen molar-refractivity contribution >= 4 is 138 Å². The fourth-order valence-corrected chi connectivity index (χ4v) is 12.4. The summed E-state index contributed by atoms with van der Waals surface area (Å²) in [5.74, 6) is 0. The molecule has 0 bridgehead atoms. The summed E-state index contributed by atoms with van der Waals surface area (Å²) in [6, 6.07) is 70.8. The number of anilines is 6. The van der Waals surface area contributed by atoms with Gasteiger partial charge in [0.1, 0.15) is 16.7 Å². The van der Waals surface area contributed by atoms with Gasteiger partial charge in [0.2, 0.25) is 5.71 Å². The van der Waals surface area contributed by atoms with Gasteiger partial charge < -0.3 is 23.1 Å². The first-order valence-corrected chi connectivity index (χ1v) is 27.3. The fraction of sp³-hybridized carbons (Fsp3) is 0.167. The number of fused-ring (bicyclic) bond motifs is 15. The van der Waals surface area contributed by atoms with E-state index in [1.165, 1.54) is 43.8 Å². The lowest BCUT2D eigenvalue weighted by atomic mass is 9.85. The molecule has 380 valence electrons. The molecule has 6 heteroatoms. The highest BCUT2D eigenvalue weighted by Gasteiger charge is 2.29. The molecule has 0 spiro atoms. The molecule has 5 heterocycles. The van der Waals surface area contributed by atoms with E-state index < -0.39 is 0 Å². The van der Waals surface area contributed by atoms with Crippen LogP contribution in [0, 0.1) is 0 Å². The number of aromatic nitrogens is 1. The molecule has 0 amide bonds. The molecule has 0 aliphatic rings. The minimum absolute atomic E-state index is 0.00615. The third kappa shape index (κ3) is 6.94. The standard InChI is InChI=1S/C72H59N3O3/c1-70(2,3)44-25-30-47(31-26-44)73(59-20-14-18-53-51-16-10-12-22-62(51)76-67(53)59)49-29-24-42-37-56-57-39-46(72(7,8)9)40-58-65-55-35-34-50(41-64(55)78-69(65)75(66(57)58)61(56)38-43(42)36-49)74(48-32-27-45(28-33-48)71(4,5)6)60-21-15-19-54-52-17-11-13-23-63(52)77-68(54)60/h10-41H,1-9H3. The first-order chi connectivity index (χ1) is 37.5. The molecule has 0 radical (unpaired) electrons. The van der Waals surface area contributed by atoms with Gasteiger partial charge in [-0.15, -0.1) is 0 Å². The Labute approximate surface area is 452 Å². The monoisotopic (exact) mass is 1010 g/mol. The first-order valence-electron chi connectivity index (χ1n) is 27.3. The smallest absolute Gasteiger partial charge is 0.213 e.